The number of pyridine rings is 1. The molecule has 0 radical (unpaired) electrons. The Hall–Kier alpha value is -4.71. The molecule has 1 amide bonds. The van der Waals surface area contributed by atoms with E-state index in [4.69, 9.17) is 4.74 Å². The van der Waals surface area contributed by atoms with Gasteiger partial charge in [0.15, 0.2) is 0 Å². The fourth-order valence-electron chi connectivity index (χ4n) is 4.56. The number of carbonyl (C=O) groups is 2. The first kappa shape index (κ1) is 24.0. The van der Waals surface area contributed by atoms with Gasteiger partial charge >= 0.3 is 0 Å². The number of aliphatic hydroxyl groups excluding tert-OH is 1. The molecule has 2 heterocycles. The summed E-state index contributed by atoms with van der Waals surface area (Å²) >= 11 is 0. The fourth-order valence-corrected chi connectivity index (χ4v) is 4.56. The second-order valence-electron chi connectivity index (χ2n) is 8.95. The van der Waals surface area contributed by atoms with Crippen LogP contribution in [0.25, 0.3) is 5.76 Å². The number of aliphatic hydroxyl groups is 1. The maximum atomic E-state index is 13.3. The van der Waals surface area contributed by atoms with Crippen molar-refractivity contribution in [2.45, 2.75) is 26.1 Å². The van der Waals surface area contributed by atoms with Crippen LogP contribution < -0.4 is 4.74 Å². The van der Waals surface area contributed by atoms with Crippen LogP contribution in [-0.2, 0) is 22.7 Å². The summed E-state index contributed by atoms with van der Waals surface area (Å²) in [5.41, 5.74) is 3.90. The monoisotopic (exact) mass is 490 g/mol. The van der Waals surface area contributed by atoms with Gasteiger partial charge in [0.2, 0.25) is 0 Å². The van der Waals surface area contributed by atoms with Gasteiger partial charge in [0.1, 0.15) is 18.1 Å². The number of carbonyl (C=O) groups excluding carboxylic acids is 2. The van der Waals surface area contributed by atoms with Crippen molar-refractivity contribution in [2.24, 2.45) is 0 Å². The highest BCUT2D eigenvalue weighted by atomic mass is 16.5. The highest BCUT2D eigenvalue weighted by Gasteiger charge is 2.46. The number of aryl methyl sites for hydroxylation is 1. The van der Waals surface area contributed by atoms with E-state index in [1.165, 1.54) is 4.90 Å². The average molecular weight is 491 g/mol. The summed E-state index contributed by atoms with van der Waals surface area (Å²) in [6.07, 6.45) is 3.32. The Balaban J connectivity index is 1.50. The topological polar surface area (TPSA) is 79.7 Å². The molecule has 37 heavy (non-hydrogen) atoms. The molecule has 6 heteroatoms. The molecule has 1 atom stereocenters. The van der Waals surface area contributed by atoms with Gasteiger partial charge in [-0.2, -0.15) is 0 Å². The zero-order chi connectivity index (χ0) is 25.8. The lowest BCUT2D eigenvalue weighted by Crippen LogP contribution is -2.29. The number of hydrogen-bond acceptors (Lipinski definition) is 5. The minimum absolute atomic E-state index is 0.0671. The van der Waals surface area contributed by atoms with Crippen LogP contribution in [0.4, 0.5) is 0 Å². The molecule has 184 valence electrons. The van der Waals surface area contributed by atoms with Crippen LogP contribution in [0.3, 0.4) is 0 Å². The molecule has 1 N–H and O–H groups in total. The van der Waals surface area contributed by atoms with Crippen LogP contribution in [0.2, 0.25) is 0 Å². The Kier molecular flexibility index (Phi) is 6.81. The zero-order valence-electron chi connectivity index (χ0n) is 20.4. The van der Waals surface area contributed by atoms with Crippen LogP contribution in [-0.4, -0.2) is 26.7 Å². The Morgan fingerprint density at radius 2 is 1.62 bits per heavy atom. The molecule has 0 unspecified atom stereocenters. The largest absolute Gasteiger partial charge is 0.507 e. The van der Waals surface area contributed by atoms with Crippen molar-refractivity contribution in [3.8, 4) is 5.75 Å². The molecule has 1 aromatic heterocycles. The quantitative estimate of drug-likeness (QED) is 0.208. The third-order valence-electron chi connectivity index (χ3n) is 6.42. The first-order valence-corrected chi connectivity index (χ1v) is 12.0. The van der Waals surface area contributed by atoms with Gasteiger partial charge in [-0.25, -0.2) is 0 Å². The number of rotatable bonds is 7. The molecule has 3 aromatic carbocycles. The fraction of sp³-hybridized carbons (Fsp3) is 0.129. The number of ketones is 1. The molecule has 0 aliphatic carbocycles. The molecule has 5 rings (SSSR count). The summed E-state index contributed by atoms with van der Waals surface area (Å²) in [5, 5.41) is 11.4. The summed E-state index contributed by atoms with van der Waals surface area (Å²) in [7, 11) is 0. The summed E-state index contributed by atoms with van der Waals surface area (Å²) < 4.78 is 5.96. The summed E-state index contributed by atoms with van der Waals surface area (Å²) in [6, 6.07) is 27.3. The Bertz CT molecular complexity index is 1450. The van der Waals surface area contributed by atoms with Crippen molar-refractivity contribution < 1.29 is 19.4 Å². The first-order valence-electron chi connectivity index (χ1n) is 12.0. The number of hydrogen-bond donors (Lipinski definition) is 1. The number of aromatic nitrogens is 1. The lowest BCUT2D eigenvalue weighted by molar-refractivity contribution is -0.140. The summed E-state index contributed by atoms with van der Waals surface area (Å²) in [6.45, 7) is 2.49. The minimum atomic E-state index is -0.726. The van der Waals surface area contributed by atoms with E-state index in [0.717, 1.165) is 22.3 Å². The molecule has 1 aliphatic heterocycles. The lowest BCUT2D eigenvalue weighted by Gasteiger charge is -2.25. The second kappa shape index (κ2) is 10.5. The predicted octanol–water partition coefficient (Wildman–Crippen LogP) is 5.59. The average Bonchev–Trinajstić information content (AvgIpc) is 3.18. The van der Waals surface area contributed by atoms with Gasteiger partial charge in [0.05, 0.1) is 11.6 Å². The Labute approximate surface area is 215 Å². The number of amides is 1. The molecule has 0 saturated carbocycles. The van der Waals surface area contributed by atoms with Gasteiger partial charge in [-0.05, 0) is 53.4 Å². The molecule has 6 nitrogen and oxygen atoms in total. The van der Waals surface area contributed by atoms with E-state index >= 15 is 0 Å². The van der Waals surface area contributed by atoms with Gasteiger partial charge in [0, 0.05) is 24.5 Å². The van der Waals surface area contributed by atoms with E-state index in [2.05, 4.69) is 4.98 Å². The molecule has 1 saturated heterocycles. The normalized spacial score (nSPS) is 16.7. The summed E-state index contributed by atoms with van der Waals surface area (Å²) in [4.78, 5) is 32.1. The van der Waals surface area contributed by atoms with Crippen molar-refractivity contribution in [2.75, 3.05) is 0 Å². The van der Waals surface area contributed by atoms with Crippen molar-refractivity contribution in [3.63, 3.8) is 0 Å². The van der Waals surface area contributed by atoms with Gasteiger partial charge in [-0.15, -0.1) is 0 Å². The second-order valence-corrected chi connectivity index (χ2v) is 8.95. The molecule has 0 bridgehead atoms. The van der Waals surface area contributed by atoms with E-state index in [0.29, 0.717) is 17.9 Å². The van der Waals surface area contributed by atoms with Crippen LogP contribution in [0.5, 0.6) is 5.75 Å². The van der Waals surface area contributed by atoms with Crippen LogP contribution in [0.1, 0.15) is 33.9 Å². The van der Waals surface area contributed by atoms with Crippen LogP contribution in [0, 0.1) is 6.92 Å². The SMILES string of the molecule is Cc1cc(/C(O)=C2\C(=O)C(=O)N(Cc3cccnc3)[C@@H]2c2ccccc2)ccc1OCc1ccccc1. The van der Waals surface area contributed by atoms with Gasteiger partial charge in [-0.3, -0.25) is 14.6 Å². The molecule has 0 spiro atoms. The van der Waals surface area contributed by atoms with Crippen molar-refractivity contribution >= 4 is 17.4 Å². The lowest BCUT2D eigenvalue weighted by atomic mass is 9.94. The maximum absolute atomic E-state index is 13.3. The number of benzene rings is 3. The first-order chi connectivity index (χ1) is 18.0. The minimum Gasteiger partial charge on any atom is -0.507 e. The van der Waals surface area contributed by atoms with E-state index in [1.54, 1.807) is 36.7 Å². The van der Waals surface area contributed by atoms with E-state index in [9.17, 15) is 14.7 Å². The van der Waals surface area contributed by atoms with Gasteiger partial charge < -0.3 is 14.7 Å². The Morgan fingerprint density at radius 3 is 2.30 bits per heavy atom. The van der Waals surface area contributed by atoms with E-state index in [-0.39, 0.29) is 17.9 Å². The van der Waals surface area contributed by atoms with Crippen molar-refractivity contribution in [1.82, 2.24) is 9.88 Å². The zero-order valence-corrected chi connectivity index (χ0v) is 20.4. The van der Waals surface area contributed by atoms with Gasteiger partial charge in [0.25, 0.3) is 11.7 Å². The van der Waals surface area contributed by atoms with Crippen LogP contribution in [0.15, 0.2) is 109 Å². The Morgan fingerprint density at radius 1 is 0.919 bits per heavy atom. The molecule has 1 aliphatic rings. The molecular formula is C31H26N2O4. The van der Waals surface area contributed by atoms with Crippen molar-refractivity contribution in [3.05, 3.63) is 137 Å². The molecule has 4 aromatic rings. The third kappa shape index (κ3) is 5.00. The highest BCUT2D eigenvalue weighted by molar-refractivity contribution is 6.46. The molecular weight excluding hydrogens is 464 g/mol. The summed E-state index contributed by atoms with van der Waals surface area (Å²) in [5.74, 6) is -0.897. The maximum Gasteiger partial charge on any atom is 0.295 e. The van der Waals surface area contributed by atoms with Gasteiger partial charge in [-0.1, -0.05) is 66.7 Å². The van der Waals surface area contributed by atoms with Crippen molar-refractivity contribution in [1.29, 1.82) is 0 Å². The number of Topliss-reactive ketones (excluding diaryl/α,β-unsaturated/α-hetero) is 1. The molecule has 1 fully saturated rings. The standard InChI is InChI=1S/C31H26N2O4/c1-21-17-25(14-15-26(21)37-20-22-9-4-2-5-10-22)29(34)27-28(24-12-6-3-7-13-24)33(31(36)30(27)35)19-23-11-8-16-32-18-23/h2-18,28,34H,19-20H2,1H3/b29-27+/t28-/m1/s1. The number of ether oxygens (including phenoxy) is 1. The third-order valence-corrected chi connectivity index (χ3v) is 6.42. The number of nitrogens with zero attached hydrogens (tertiary/aromatic N) is 2. The van der Waals surface area contributed by atoms with Crippen LogP contribution >= 0.6 is 0 Å². The van der Waals surface area contributed by atoms with E-state index in [1.807, 2.05) is 73.7 Å². The number of likely N-dealkylation sites (tertiary alicyclic amines) is 1. The highest BCUT2D eigenvalue weighted by Crippen LogP contribution is 2.40. The van der Waals surface area contributed by atoms with E-state index < -0.39 is 17.7 Å². The smallest absolute Gasteiger partial charge is 0.295 e. The predicted molar refractivity (Wildman–Crippen MR) is 140 cm³/mol.